The van der Waals surface area contributed by atoms with Gasteiger partial charge in [-0.05, 0) is 44.5 Å². The van der Waals surface area contributed by atoms with Crippen molar-refractivity contribution in [2.45, 2.75) is 32.4 Å². The molecule has 1 aliphatic rings. The summed E-state index contributed by atoms with van der Waals surface area (Å²) < 4.78 is 14.5. The van der Waals surface area contributed by atoms with E-state index in [9.17, 15) is 4.39 Å². The second-order valence-corrected chi connectivity index (χ2v) is 5.11. The molecule has 1 saturated heterocycles. The van der Waals surface area contributed by atoms with Crippen LogP contribution in [0.2, 0.25) is 0 Å². The van der Waals surface area contributed by atoms with Gasteiger partial charge >= 0.3 is 0 Å². The molecular weight excluding hydrogens is 257 g/mol. The summed E-state index contributed by atoms with van der Waals surface area (Å²) in [6, 6.07) is 5.73. The Morgan fingerprint density at radius 1 is 1.53 bits per heavy atom. The monoisotopic (exact) mass is 271 g/mol. The Hall–Kier alpha value is -0.410. The highest BCUT2D eigenvalue weighted by atomic mass is 79.9. The van der Waals surface area contributed by atoms with Crippen molar-refractivity contribution in [2.24, 2.45) is 0 Å². The summed E-state index contributed by atoms with van der Waals surface area (Å²) in [6.45, 7) is 4.03. The van der Waals surface area contributed by atoms with Crippen LogP contribution in [-0.4, -0.2) is 17.5 Å². The molecule has 0 saturated carbocycles. The molecule has 1 aliphatic heterocycles. The number of rotatable bonds is 2. The zero-order chi connectivity index (χ0) is 10.8. The first kappa shape index (κ1) is 11.1. The summed E-state index contributed by atoms with van der Waals surface area (Å²) in [5, 5.41) is 0. The predicted octanol–water partition coefficient (Wildman–Crippen LogP) is 3.57. The molecule has 0 aromatic heterocycles. The number of likely N-dealkylation sites (tertiary alicyclic amines) is 1. The van der Waals surface area contributed by atoms with Crippen molar-refractivity contribution in [3.05, 3.63) is 34.1 Å². The molecule has 0 unspecified atom stereocenters. The highest BCUT2D eigenvalue weighted by Gasteiger charge is 2.21. The maximum Gasteiger partial charge on any atom is 0.127 e. The van der Waals surface area contributed by atoms with Crippen LogP contribution in [0.25, 0.3) is 0 Å². The van der Waals surface area contributed by atoms with Crippen LogP contribution in [0.4, 0.5) is 4.39 Å². The molecule has 0 amide bonds. The zero-order valence-corrected chi connectivity index (χ0v) is 10.4. The predicted molar refractivity (Wildman–Crippen MR) is 63.2 cm³/mol. The van der Waals surface area contributed by atoms with Crippen molar-refractivity contribution in [3.63, 3.8) is 0 Å². The lowest BCUT2D eigenvalue weighted by atomic mass is 10.2. The van der Waals surface area contributed by atoms with E-state index in [4.69, 9.17) is 0 Å². The minimum atomic E-state index is -0.0997. The molecule has 15 heavy (non-hydrogen) atoms. The van der Waals surface area contributed by atoms with Gasteiger partial charge in [0.25, 0.3) is 0 Å². The maximum absolute atomic E-state index is 13.5. The van der Waals surface area contributed by atoms with E-state index in [1.165, 1.54) is 18.9 Å². The van der Waals surface area contributed by atoms with E-state index in [0.29, 0.717) is 6.04 Å². The number of hydrogen-bond acceptors (Lipinski definition) is 1. The molecule has 0 aliphatic carbocycles. The molecule has 1 aromatic rings. The molecule has 0 bridgehead atoms. The highest BCUT2D eigenvalue weighted by molar-refractivity contribution is 9.10. The SMILES string of the molecule is C[C@@H]1CCCN1Cc1cc(Br)ccc1F. The Kier molecular flexibility index (Phi) is 3.42. The molecule has 2 rings (SSSR count). The quantitative estimate of drug-likeness (QED) is 0.795. The largest absolute Gasteiger partial charge is 0.296 e. The summed E-state index contributed by atoms with van der Waals surface area (Å²) in [4.78, 5) is 2.34. The van der Waals surface area contributed by atoms with Gasteiger partial charge in [-0.15, -0.1) is 0 Å². The third-order valence-corrected chi connectivity index (χ3v) is 3.57. The third-order valence-electron chi connectivity index (χ3n) is 3.07. The minimum absolute atomic E-state index is 0.0997. The lowest BCUT2D eigenvalue weighted by Gasteiger charge is -2.21. The molecule has 1 heterocycles. The number of halogens is 2. The second kappa shape index (κ2) is 4.62. The van der Waals surface area contributed by atoms with Crippen molar-refractivity contribution in [2.75, 3.05) is 6.54 Å². The van der Waals surface area contributed by atoms with Gasteiger partial charge in [-0.2, -0.15) is 0 Å². The van der Waals surface area contributed by atoms with E-state index in [1.54, 1.807) is 6.07 Å². The molecule has 3 heteroatoms. The molecular formula is C12H15BrFN. The Bertz CT molecular complexity index is 353. The molecule has 82 valence electrons. The Morgan fingerprint density at radius 3 is 3.00 bits per heavy atom. The fourth-order valence-corrected chi connectivity index (χ4v) is 2.52. The fraction of sp³-hybridized carbons (Fsp3) is 0.500. The van der Waals surface area contributed by atoms with E-state index >= 15 is 0 Å². The van der Waals surface area contributed by atoms with Crippen LogP contribution in [0.15, 0.2) is 22.7 Å². The zero-order valence-electron chi connectivity index (χ0n) is 8.84. The van der Waals surface area contributed by atoms with Crippen LogP contribution in [0.5, 0.6) is 0 Å². The first-order chi connectivity index (χ1) is 7.16. The maximum atomic E-state index is 13.5. The first-order valence-electron chi connectivity index (χ1n) is 5.35. The van der Waals surface area contributed by atoms with E-state index in [0.717, 1.165) is 23.1 Å². The lowest BCUT2D eigenvalue weighted by molar-refractivity contribution is 0.256. The third kappa shape index (κ3) is 2.58. The lowest BCUT2D eigenvalue weighted by Crippen LogP contribution is -2.26. The van der Waals surface area contributed by atoms with Gasteiger partial charge in [0.1, 0.15) is 5.82 Å². The summed E-state index contributed by atoms with van der Waals surface area (Å²) in [7, 11) is 0. The van der Waals surface area contributed by atoms with Gasteiger partial charge in [-0.3, -0.25) is 4.90 Å². The average Bonchev–Trinajstić information content (AvgIpc) is 2.58. The van der Waals surface area contributed by atoms with Crippen LogP contribution >= 0.6 is 15.9 Å². The molecule has 1 atom stereocenters. The van der Waals surface area contributed by atoms with Crippen LogP contribution < -0.4 is 0 Å². The van der Waals surface area contributed by atoms with E-state index in [2.05, 4.69) is 27.8 Å². The summed E-state index contributed by atoms with van der Waals surface area (Å²) in [5.74, 6) is -0.0997. The Labute approximate surface area is 98.4 Å². The van der Waals surface area contributed by atoms with Gasteiger partial charge in [0.05, 0.1) is 0 Å². The standard InChI is InChI=1S/C12H15BrFN/c1-9-3-2-6-15(9)8-10-7-11(13)4-5-12(10)14/h4-5,7,9H,2-3,6,8H2,1H3/t9-/m1/s1. The minimum Gasteiger partial charge on any atom is -0.296 e. The number of hydrogen-bond donors (Lipinski definition) is 0. The van der Waals surface area contributed by atoms with Crippen LogP contribution in [-0.2, 0) is 6.54 Å². The summed E-state index contributed by atoms with van der Waals surface area (Å²) >= 11 is 3.38. The topological polar surface area (TPSA) is 3.24 Å². The van der Waals surface area contributed by atoms with Crippen LogP contribution in [0, 0.1) is 5.82 Å². The Balaban J connectivity index is 2.12. The van der Waals surface area contributed by atoms with Gasteiger partial charge in [-0.25, -0.2) is 4.39 Å². The molecule has 1 aromatic carbocycles. The highest BCUT2D eigenvalue weighted by Crippen LogP contribution is 2.22. The molecule has 0 radical (unpaired) electrons. The van der Waals surface area contributed by atoms with Gasteiger partial charge in [-0.1, -0.05) is 15.9 Å². The molecule has 0 N–H and O–H groups in total. The molecule has 0 spiro atoms. The number of nitrogens with zero attached hydrogens (tertiary/aromatic N) is 1. The van der Waals surface area contributed by atoms with E-state index < -0.39 is 0 Å². The average molecular weight is 272 g/mol. The summed E-state index contributed by atoms with van der Waals surface area (Å²) in [6.07, 6.45) is 2.46. The smallest absolute Gasteiger partial charge is 0.127 e. The Morgan fingerprint density at radius 2 is 2.33 bits per heavy atom. The van der Waals surface area contributed by atoms with E-state index in [-0.39, 0.29) is 5.82 Å². The van der Waals surface area contributed by atoms with Crippen LogP contribution in [0.3, 0.4) is 0 Å². The fourth-order valence-electron chi connectivity index (χ4n) is 2.11. The molecule has 1 fully saturated rings. The second-order valence-electron chi connectivity index (χ2n) is 4.20. The van der Waals surface area contributed by atoms with E-state index in [1.807, 2.05) is 6.07 Å². The summed E-state index contributed by atoms with van der Waals surface area (Å²) in [5.41, 5.74) is 0.790. The van der Waals surface area contributed by atoms with Crippen molar-refractivity contribution in [1.82, 2.24) is 4.90 Å². The van der Waals surface area contributed by atoms with Crippen molar-refractivity contribution >= 4 is 15.9 Å². The normalized spacial score (nSPS) is 22.2. The van der Waals surface area contributed by atoms with Gasteiger partial charge in [0.2, 0.25) is 0 Å². The molecule has 1 nitrogen and oxygen atoms in total. The van der Waals surface area contributed by atoms with Crippen molar-refractivity contribution in [1.29, 1.82) is 0 Å². The first-order valence-corrected chi connectivity index (χ1v) is 6.14. The van der Waals surface area contributed by atoms with Gasteiger partial charge in [0.15, 0.2) is 0 Å². The number of benzene rings is 1. The van der Waals surface area contributed by atoms with Crippen molar-refractivity contribution < 1.29 is 4.39 Å². The van der Waals surface area contributed by atoms with Crippen LogP contribution in [0.1, 0.15) is 25.3 Å². The van der Waals surface area contributed by atoms with Crippen molar-refractivity contribution in [3.8, 4) is 0 Å². The van der Waals surface area contributed by atoms with Gasteiger partial charge in [0, 0.05) is 22.6 Å². The van der Waals surface area contributed by atoms with Gasteiger partial charge < -0.3 is 0 Å².